The first kappa shape index (κ1) is 17.1. The molecule has 1 aliphatic carbocycles. The molecular weight excluding hydrogens is 324 g/mol. The number of sulfonamides is 1. The fraction of sp³-hybridized carbons (Fsp3) is 0.588. The van der Waals surface area contributed by atoms with Crippen LogP contribution in [0.15, 0.2) is 29.3 Å². The molecule has 0 atom stereocenters. The second kappa shape index (κ2) is 7.42. The van der Waals surface area contributed by atoms with Gasteiger partial charge in [0, 0.05) is 12.6 Å². The molecule has 1 heterocycles. The lowest BCUT2D eigenvalue weighted by molar-refractivity contribution is 0.412. The molecule has 6 nitrogen and oxygen atoms in total. The molecule has 0 bridgehead atoms. The Labute approximate surface area is 144 Å². The van der Waals surface area contributed by atoms with Gasteiger partial charge in [-0.1, -0.05) is 37.5 Å². The van der Waals surface area contributed by atoms with Crippen molar-refractivity contribution in [2.75, 3.05) is 23.1 Å². The lowest BCUT2D eigenvalue weighted by atomic mass is 9.96. The van der Waals surface area contributed by atoms with Crippen LogP contribution in [0.3, 0.4) is 0 Å². The Bertz CT molecular complexity index is 696. The third-order valence-corrected chi connectivity index (χ3v) is 6.52. The van der Waals surface area contributed by atoms with Crippen molar-refractivity contribution in [1.29, 1.82) is 0 Å². The highest BCUT2D eigenvalue weighted by Crippen LogP contribution is 2.29. The Kier molecular flexibility index (Phi) is 5.28. The van der Waals surface area contributed by atoms with Gasteiger partial charge in [-0.3, -0.25) is 9.30 Å². The van der Waals surface area contributed by atoms with Crippen LogP contribution in [0.4, 0.5) is 5.69 Å². The highest BCUT2D eigenvalue weighted by molar-refractivity contribution is 7.92. The summed E-state index contributed by atoms with van der Waals surface area (Å²) in [6.45, 7) is 0.702. The van der Waals surface area contributed by atoms with Gasteiger partial charge in [0.2, 0.25) is 10.0 Å². The average Bonchev–Trinajstić information content (AvgIpc) is 3.00. The maximum Gasteiger partial charge on any atom is 0.237 e. The van der Waals surface area contributed by atoms with Gasteiger partial charge in [-0.2, -0.15) is 0 Å². The molecule has 0 spiro atoms. The summed E-state index contributed by atoms with van der Waals surface area (Å²) < 4.78 is 26.6. The molecule has 3 N–H and O–H groups in total. The Morgan fingerprint density at radius 3 is 2.79 bits per heavy atom. The molecule has 1 aromatic rings. The lowest BCUT2D eigenvalue weighted by Gasteiger charge is -2.23. The fourth-order valence-corrected chi connectivity index (χ4v) is 4.88. The topological polar surface area (TPSA) is 87.8 Å². The number of hydrogen-bond donors (Lipinski definition) is 2. The van der Waals surface area contributed by atoms with Crippen molar-refractivity contribution in [3.63, 3.8) is 0 Å². The lowest BCUT2D eigenvalue weighted by Crippen LogP contribution is -2.41. The molecule has 1 aliphatic heterocycles. The fourth-order valence-electron chi connectivity index (χ4n) is 3.49. The van der Waals surface area contributed by atoms with E-state index in [0.29, 0.717) is 18.5 Å². The largest absolute Gasteiger partial charge is 0.370 e. The van der Waals surface area contributed by atoms with Crippen LogP contribution in [-0.2, 0) is 16.4 Å². The van der Waals surface area contributed by atoms with Gasteiger partial charge < -0.3 is 11.1 Å². The van der Waals surface area contributed by atoms with E-state index in [4.69, 9.17) is 5.73 Å². The van der Waals surface area contributed by atoms with Crippen molar-refractivity contribution >= 4 is 21.7 Å². The molecule has 24 heavy (non-hydrogen) atoms. The summed E-state index contributed by atoms with van der Waals surface area (Å²) in [7, 11) is -3.36. The minimum absolute atomic E-state index is 0.0195. The summed E-state index contributed by atoms with van der Waals surface area (Å²) in [5, 5.41) is 3.21. The highest BCUT2D eigenvalue weighted by Gasteiger charge is 2.28. The van der Waals surface area contributed by atoms with E-state index in [1.54, 1.807) is 0 Å². The molecule has 0 unspecified atom stereocenters. The summed E-state index contributed by atoms with van der Waals surface area (Å²) in [6.07, 6.45) is 6.70. The highest BCUT2D eigenvalue weighted by atomic mass is 32.2. The Morgan fingerprint density at radius 2 is 2.00 bits per heavy atom. The molecule has 132 valence electrons. The van der Waals surface area contributed by atoms with Gasteiger partial charge in [-0.25, -0.2) is 8.42 Å². The van der Waals surface area contributed by atoms with Crippen LogP contribution in [0.25, 0.3) is 0 Å². The first-order chi connectivity index (χ1) is 11.6. The zero-order valence-corrected chi connectivity index (χ0v) is 14.8. The van der Waals surface area contributed by atoms with Crippen molar-refractivity contribution in [3.05, 3.63) is 29.8 Å². The summed E-state index contributed by atoms with van der Waals surface area (Å²) in [5.41, 5.74) is 7.78. The van der Waals surface area contributed by atoms with E-state index in [1.165, 1.54) is 23.6 Å². The van der Waals surface area contributed by atoms with Crippen molar-refractivity contribution in [2.45, 2.75) is 44.6 Å². The third-order valence-electron chi connectivity index (χ3n) is 4.77. The number of benzene rings is 1. The minimum atomic E-state index is -3.36. The van der Waals surface area contributed by atoms with Crippen molar-refractivity contribution in [2.24, 2.45) is 10.7 Å². The van der Waals surface area contributed by atoms with Crippen LogP contribution in [0.2, 0.25) is 0 Å². The Morgan fingerprint density at radius 1 is 1.25 bits per heavy atom. The normalized spacial score (nSPS) is 19.3. The summed E-state index contributed by atoms with van der Waals surface area (Å²) in [5.74, 6) is 0.341. The van der Waals surface area contributed by atoms with Gasteiger partial charge in [0.15, 0.2) is 5.96 Å². The quantitative estimate of drug-likeness (QED) is 0.624. The Balaban J connectivity index is 1.55. The third kappa shape index (κ3) is 4.01. The Hall–Kier alpha value is -1.76. The van der Waals surface area contributed by atoms with E-state index in [0.717, 1.165) is 30.5 Å². The van der Waals surface area contributed by atoms with Gasteiger partial charge in [0.1, 0.15) is 0 Å². The molecule has 2 aliphatic rings. The number of guanidine groups is 1. The van der Waals surface area contributed by atoms with Crippen LogP contribution < -0.4 is 15.4 Å². The van der Waals surface area contributed by atoms with E-state index in [1.807, 2.05) is 24.3 Å². The smallest absolute Gasteiger partial charge is 0.237 e. The van der Waals surface area contributed by atoms with Crippen LogP contribution in [0, 0.1) is 0 Å². The molecule has 1 saturated carbocycles. The number of nitrogens with two attached hydrogens (primary N) is 1. The predicted octanol–water partition coefficient (Wildman–Crippen LogP) is 1.62. The molecule has 1 fully saturated rings. The number of rotatable bonds is 5. The number of anilines is 1. The van der Waals surface area contributed by atoms with E-state index in [-0.39, 0.29) is 12.3 Å². The standard InChI is InChI=1S/C17H26N4O2S/c18-17(20-15-7-2-1-3-8-15)19-11-13-24(22,23)21-12-10-14-6-4-5-9-16(14)21/h4-6,9,15H,1-3,7-8,10-13H2,(H3,18,19,20). The van der Waals surface area contributed by atoms with E-state index in [9.17, 15) is 8.42 Å². The molecule has 0 radical (unpaired) electrons. The number of para-hydroxylation sites is 1. The van der Waals surface area contributed by atoms with Crippen LogP contribution in [0.1, 0.15) is 37.7 Å². The van der Waals surface area contributed by atoms with Gasteiger partial charge in [-0.15, -0.1) is 0 Å². The summed E-state index contributed by atoms with van der Waals surface area (Å²) >= 11 is 0. The zero-order chi connectivity index (χ0) is 17.0. The van der Waals surface area contributed by atoms with Gasteiger partial charge in [0.05, 0.1) is 18.0 Å². The first-order valence-corrected chi connectivity index (χ1v) is 10.3. The molecule has 1 aromatic carbocycles. The van der Waals surface area contributed by atoms with E-state index >= 15 is 0 Å². The number of aliphatic imine (C=N–C) groups is 1. The molecule has 0 amide bonds. The number of nitrogens with one attached hydrogen (secondary N) is 1. The second-order valence-corrected chi connectivity index (χ2v) is 8.53. The average molecular weight is 350 g/mol. The monoisotopic (exact) mass is 350 g/mol. The maximum absolute atomic E-state index is 12.6. The van der Waals surface area contributed by atoms with E-state index < -0.39 is 10.0 Å². The van der Waals surface area contributed by atoms with Crippen LogP contribution in [-0.4, -0.2) is 39.3 Å². The molecule has 3 rings (SSSR count). The summed E-state index contributed by atoms with van der Waals surface area (Å²) in [4.78, 5) is 4.21. The molecule has 0 aromatic heterocycles. The van der Waals surface area contributed by atoms with Crippen LogP contribution >= 0.6 is 0 Å². The number of hydrogen-bond acceptors (Lipinski definition) is 3. The first-order valence-electron chi connectivity index (χ1n) is 8.71. The van der Waals surface area contributed by atoms with Gasteiger partial charge in [0.25, 0.3) is 0 Å². The number of nitrogens with zero attached hydrogens (tertiary/aromatic N) is 2. The van der Waals surface area contributed by atoms with Gasteiger partial charge in [-0.05, 0) is 30.9 Å². The van der Waals surface area contributed by atoms with Gasteiger partial charge >= 0.3 is 0 Å². The SMILES string of the molecule is NC(=NCCS(=O)(=O)N1CCc2ccccc21)NC1CCCCC1. The second-order valence-electron chi connectivity index (χ2n) is 6.51. The minimum Gasteiger partial charge on any atom is -0.370 e. The zero-order valence-electron chi connectivity index (χ0n) is 13.9. The van der Waals surface area contributed by atoms with Crippen molar-refractivity contribution < 1.29 is 8.42 Å². The molecular formula is C17H26N4O2S. The van der Waals surface area contributed by atoms with Crippen molar-refractivity contribution in [1.82, 2.24) is 5.32 Å². The van der Waals surface area contributed by atoms with E-state index in [2.05, 4.69) is 10.3 Å². The molecule has 7 heteroatoms. The molecule has 0 saturated heterocycles. The predicted molar refractivity (Wildman–Crippen MR) is 97.8 cm³/mol. The summed E-state index contributed by atoms with van der Waals surface area (Å²) in [6, 6.07) is 8.04. The van der Waals surface area contributed by atoms with Crippen LogP contribution in [0.5, 0.6) is 0 Å². The number of fused-ring (bicyclic) bond motifs is 1. The van der Waals surface area contributed by atoms with Crippen molar-refractivity contribution in [3.8, 4) is 0 Å². The maximum atomic E-state index is 12.6.